The molecule has 0 radical (unpaired) electrons. The van der Waals surface area contributed by atoms with Crippen LogP contribution in [-0.4, -0.2) is 47.9 Å². The molecule has 1 aliphatic heterocycles. The quantitative estimate of drug-likeness (QED) is 0.708. The van der Waals surface area contributed by atoms with Gasteiger partial charge in [-0.2, -0.15) is 0 Å². The molecule has 0 bridgehead atoms. The van der Waals surface area contributed by atoms with Crippen molar-refractivity contribution in [2.24, 2.45) is 0 Å². The average molecular weight is 324 g/mol. The summed E-state index contributed by atoms with van der Waals surface area (Å²) >= 11 is 0. The van der Waals surface area contributed by atoms with Crippen LogP contribution < -0.4 is 4.90 Å². The third-order valence-electron chi connectivity index (χ3n) is 5.25. The van der Waals surface area contributed by atoms with Crippen LogP contribution in [0.3, 0.4) is 0 Å². The molecule has 1 saturated heterocycles. The van der Waals surface area contributed by atoms with Crippen LogP contribution in [-0.2, 0) is 12.8 Å². The molecule has 3 aromatic rings. The van der Waals surface area contributed by atoms with Crippen LogP contribution in [0.4, 0.5) is 5.82 Å². The summed E-state index contributed by atoms with van der Waals surface area (Å²) < 4.78 is 3.98. The van der Waals surface area contributed by atoms with Crippen molar-refractivity contribution in [3.05, 3.63) is 29.3 Å². The highest BCUT2D eigenvalue weighted by Gasteiger charge is 2.29. The summed E-state index contributed by atoms with van der Waals surface area (Å²) in [4.78, 5) is 7.15. The third-order valence-corrected chi connectivity index (χ3v) is 5.25. The molecule has 1 atom stereocenters. The van der Waals surface area contributed by atoms with Crippen LogP contribution in [0.1, 0.15) is 42.5 Å². The predicted molar refractivity (Wildman–Crippen MR) is 88.1 cm³/mol. The first kappa shape index (κ1) is 13.9. The van der Waals surface area contributed by atoms with E-state index >= 15 is 0 Å². The number of fused-ring (bicyclic) bond motifs is 2. The van der Waals surface area contributed by atoms with Crippen molar-refractivity contribution < 1.29 is 0 Å². The first-order chi connectivity index (χ1) is 11.8. The zero-order chi connectivity index (χ0) is 16.1. The van der Waals surface area contributed by atoms with Gasteiger partial charge in [0, 0.05) is 18.8 Å². The Morgan fingerprint density at radius 3 is 3.04 bits per heavy atom. The van der Waals surface area contributed by atoms with Crippen molar-refractivity contribution in [2.75, 3.05) is 18.0 Å². The van der Waals surface area contributed by atoms with E-state index in [1.165, 1.54) is 35.3 Å². The number of anilines is 1. The predicted octanol–water partition coefficient (Wildman–Crippen LogP) is 1.35. The molecule has 0 N–H and O–H groups in total. The highest BCUT2D eigenvalue weighted by molar-refractivity contribution is 5.45. The highest BCUT2D eigenvalue weighted by Crippen LogP contribution is 2.31. The summed E-state index contributed by atoms with van der Waals surface area (Å²) in [6.45, 7) is 4.11. The van der Waals surface area contributed by atoms with E-state index in [0.29, 0.717) is 11.7 Å². The third kappa shape index (κ3) is 2.09. The zero-order valence-corrected chi connectivity index (χ0v) is 13.8. The van der Waals surface area contributed by atoms with Crippen LogP contribution in [0.15, 0.2) is 12.1 Å². The van der Waals surface area contributed by atoms with Crippen molar-refractivity contribution in [3.63, 3.8) is 0 Å². The lowest BCUT2D eigenvalue weighted by molar-refractivity contribution is 0.504. The van der Waals surface area contributed by atoms with Crippen molar-refractivity contribution in [2.45, 2.75) is 45.1 Å². The Hall–Kier alpha value is -2.51. The van der Waals surface area contributed by atoms with E-state index in [0.717, 1.165) is 37.6 Å². The van der Waals surface area contributed by atoms with Gasteiger partial charge >= 0.3 is 0 Å². The molecule has 0 amide bonds. The van der Waals surface area contributed by atoms with Crippen LogP contribution in [0, 0.1) is 6.92 Å². The van der Waals surface area contributed by atoms with Crippen molar-refractivity contribution in [1.29, 1.82) is 0 Å². The second kappa shape index (κ2) is 5.25. The molecule has 2 aliphatic rings. The fourth-order valence-corrected chi connectivity index (χ4v) is 4.15. The summed E-state index contributed by atoms with van der Waals surface area (Å²) in [5.74, 6) is 2.10. The number of aromatic nitrogens is 7. The van der Waals surface area contributed by atoms with E-state index in [2.05, 4.69) is 37.0 Å². The lowest BCUT2D eigenvalue weighted by Gasteiger charge is -2.21. The fraction of sp³-hybridized carbons (Fsp3) is 0.562. The monoisotopic (exact) mass is 324 g/mol. The largest absolute Gasteiger partial charge is 0.353 e. The number of rotatable bonds is 2. The molecule has 4 heterocycles. The first-order valence-electron chi connectivity index (χ1n) is 8.66. The molecule has 8 nitrogen and oxygen atoms in total. The molecule has 3 aromatic heterocycles. The minimum absolute atomic E-state index is 0.478. The summed E-state index contributed by atoms with van der Waals surface area (Å²) in [6, 6.07) is 4.40. The van der Waals surface area contributed by atoms with Gasteiger partial charge in [-0.3, -0.25) is 0 Å². The molecule has 0 saturated carbocycles. The Balaban J connectivity index is 1.43. The zero-order valence-electron chi connectivity index (χ0n) is 13.8. The minimum atomic E-state index is 0.478. The summed E-state index contributed by atoms with van der Waals surface area (Å²) in [5, 5.41) is 16.0. The molecule has 24 heavy (non-hydrogen) atoms. The van der Waals surface area contributed by atoms with Gasteiger partial charge in [0.05, 0.1) is 11.7 Å². The molecule has 0 spiro atoms. The normalized spacial score (nSPS) is 20.7. The van der Waals surface area contributed by atoms with Gasteiger partial charge in [0.25, 0.3) is 0 Å². The number of nitrogens with zero attached hydrogens (tertiary/aromatic N) is 8. The molecule has 1 aliphatic carbocycles. The van der Waals surface area contributed by atoms with Gasteiger partial charge in [-0.25, -0.2) is 4.98 Å². The van der Waals surface area contributed by atoms with Crippen LogP contribution in [0.5, 0.6) is 0 Å². The molecule has 124 valence electrons. The Kier molecular flexibility index (Phi) is 3.04. The fourth-order valence-electron chi connectivity index (χ4n) is 4.15. The topological polar surface area (TPSA) is 77.0 Å². The van der Waals surface area contributed by atoms with Gasteiger partial charge < -0.3 is 9.47 Å². The van der Waals surface area contributed by atoms with E-state index in [4.69, 9.17) is 4.98 Å². The van der Waals surface area contributed by atoms with Gasteiger partial charge in [-0.05, 0) is 61.6 Å². The Morgan fingerprint density at radius 1 is 1.17 bits per heavy atom. The summed E-state index contributed by atoms with van der Waals surface area (Å²) in [5.41, 5.74) is 3.47. The molecule has 0 aromatic carbocycles. The van der Waals surface area contributed by atoms with Crippen molar-refractivity contribution >= 4 is 11.5 Å². The van der Waals surface area contributed by atoms with Crippen LogP contribution >= 0.6 is 0 Å². The maximum absolute atomic E-state index is 4.83. The average Bonchev–Trinajstić information content (AvgIpc) is 3.31. The number of hydrogen-bond donors (Lipinski definition) is 0. The van der Waals surface area contributed by atoms with Crippen LogP contribution in [0.25, 0.3) is 5.65 Å². The Bertz CT molecular complexity index is 895. The van der Waals surface area contributed by atoms with E-state index in [1.807, 2.05) is 12.1 Å². The lowest BCUT2D eigenvalue weighted by atomic mass is 10.0. The molecular weight excluding hydrogens is 304 g/mol. The molecule has 5 rings (SSSR count). The maximum atomic E-state index is 4.83. The number of imidazole rings is 1. The maximum Gasteiger partial charge on any atom is 0.200 e. The van der Waals surface area contributed by atoms with E-state index in [1.54, 1.807) is 0 Å². The number of tetrazole rings is 1. The smallest absolute Gasteiger partial charge is 0.200 e. The van der Waals surface area contributed by atoms with Crippen LogP contribution in [0.2, 0.25) is 0 Å². The SMILES string of the molecule is Cc1nc2c(n1[C@@H]1CCN(c3ccc4nnnn4n3)C1)CCCC2. The minimum Gasteiger partial charge on any atom is -0.353 e. The van der Waals surface area contributed by atoms with Gasteiger partial charge in [0.15, 0.2) is 11.5 Å². The lowest BCUT2D eigenvalue weighted by Crippen LogP contribution is -2.24. The Labute approximate surface area is 139 Å². The van der Waals surface area contributed by atoms with Gasteiger partial charge in [-0.15, -0.1) is 14.8 Å². The van der Waals surface area contributed by atoms with E-state index in [-0.39, 0.29) is 0 Å². The van der Waals surface area contributed by atoms with Gasteiger partial charge in [0.1, 0.15) is 5.82 Å². The molecule has 0 unspecified atom stereocenters. The standard InChI is InChI=1S/C16H20N8/c1-11-17-13-4-2-3-5-14(13)23(11)12-8-9-22(10-12)16-7-6-15-18-20-21-24(15)19-16/h6-7,12H,2-5,8-10H2,1H3/t12-/m1/s1. The molecule has 8 heteroatoms. The Morgan fingerprint density at radius 2 is 2.08 bits per heavy atom. The number of hydrogen-bond acceptors (Lipinski definition) is 6. The molecular formula is C16H20N8. The van der Waals surface area contributed by atoms with E-state index in [9.17, 15) is 0 Å². The second-order valence-corrected chi connectivity index (χ2v) is 6.74. The van der Waals surface area contributed by atoms with Crippen molar-refractivity contribution in [3.8, 4) is 0 Å². The summed E-state index contributed by atoms with van der Waals surface area (Å²) in [6.07, 6.45) is 5.99. The second-order valence-electron chi connectivity index (χ2n) is 6.74. The number of aryl methyl sites for hydroxylation is 2. The van der Waals surface area contributed by atoms with Gasteiger partial charge in [-0.1, -0.05) is 0 Å². The summed E-state index contributed by atoms with van der Waals surface area (Å²) in [7, 11) is 0. The van der Waals surface area contributed by atoms with E-state index < -0.39 is 0 Å². The first-order valence-corrected chi connectivity index (χ1v) is 8.66. The highest BCUT2D eigenvalue weighted by atomic mass is 15.6. The molecule has 1 fully saturated rings. The van der Waals surface area contributed by atoms with Crippen molar-refractivity contribution in [1.82, 2.24) is 34.8 Å². The van der Waals surface area contributed by atoms with Gasteiger partial charge in [0.2, 0.25) is 0 Å².